The second-order valence-electron chi connectivity index (χ2n) is 11.3. The summed E-state index contributed by atoms with van der Waals surface area (Å²) in [7, 11) is 0. The Balaban J connectivity index is 0.00000400. The van der Waals surface area contributed by atoms with Crippen LogP contribution in [-0.2, 0) is 6.54 Å². The lowest BCUT2D eigenvalue weighted by molar-refractivity contribution is 0.0545. The van der Waals surface area contributed by atoms with Crippen molar-refractivity contribution in [3.05, 3.63) is 57.7 Å². The van der Waals surface area contributed by atoms with Crippen molar-refractivity contribution < 1.29 is 6.22 Å². The van der Waals surface area contributed by atoms with Crippen molar-refractivity contribution in [2.75, 3.05) is 37.6 Å². The van der Waals surface area contributed by atoms with Gasteiger partial charge in [-0.15, -0.1) is 0 Å². The van der Waals surface area contributed by atoms with E-state index in [-0.39, 0.29) is 13.4 Å². The molecule has 2 aromatic rings. The molecule has 2 saturated heterocycles. The monoisotopic (exact) mass is 547 g/mol. The summed E-state index contributed by atoms with van der Waals surface area (Å²) in [6.45, 7) is 14.5. The van der Waals surface area contributed by atoms with E-state index in [9.17, 15) is 4.79 Å². The van der Waals surface area contributed by atoms with Gasteiger partial charge in [-0.25, -0.2) is 4.98 Å². The van der Waals surface area contributed by atoms with Crippen LogP contribution in [0.1, 0.15) is 64.3 Å². The first kappa shape index (κ1) is 28.2. The van der Waals surface area contributed by atoms with E-state index in [0.29, 0.717) is 28.6 Å². The van der Waals surface area contributed by atoms with Gasteiger partial charge in [0.2, 0.25) is 0 Å². The van der Waals surface area contributed by atoms with Gasteiger partial charge in [-0.1, -0.05) is 49.2 Å². The van der Waals surface area contributed by atoms with E-state index in [0.717, 1.165) is 56.5 Å². The number of hydrogen-bond donors (Lipinski definition) is 1. The molecule has 1 N–H and O–H groups in total. The van der Waals surface area contributed by atoms with Crippen LogP contribution in [0, 0.1) is 5.92 Å². The van der Waals surface area contributed by atoms with E-state index in [1.807, 2.05) is 26.0 Å². The van der Waals surface area contributed by atoms with Crippen LogP contribution < -0.4 is 10.2 Å². The minimum atomic E-state index is -0.138. The molecule has 0 aliphatic carbocycles. The molecular weight excluding hydrogens is 505 g/mol. The molecule has 204 valence electrons. The van der Waals surface area contributed by atoms with Crippen molar-refractivity contribution in [1.82, 2.24) is 20.1 Å². The number of nitrogens with zero attached hydrogens (tertiary/aromatic N) is 4. The number of aromatic nitrogens is 1. The summed E-state index contributed by atoms with van der Waals surface area (Å²) in [6.07, 6.45) is 5.19. The summed E-state index contributed by atoms with van der Waals surface area (Å²) in [5, 5.41) is 4.25. The molecule has 0 bridgehead atoms. The van der Waals surface area contributed by atoms with Gasteiger partial charge in [0, 0.05) is 57.0 Å². The molecule has 1 atom stereocenters. The number of carbonyl (C=O) groups is 1. The minimum absolute atomic E-state index is 0. The van der Waals surface area contributed by atoms with E-state index >= 15 is 0 Å². The average molecular weight is 549 g/mol. The highest BCUT2D eigenvalue weighted by Crippen LogP contribution is 2.31. The molecule has 8 heteroatoms. The smallest absolute Gasteiger partial charge is 0.253 e. The van der Waals surface area contributed by atoms with E-state index < -0.39 is 0 Å². The molecule has 3 heterocycles. The van der Waals surface area contributed by atoms with Crippen LogP contribution in [0.4, 0.5) is 5.82 Å². The molecule has 2 fully saturated rings. The second-order valence-corrected chi connectivity index (χ2v) is 12.1. The van der Waals surface area contributed by atoms with Crippen LogP contribution in [0.3, 0.4) is 0 Å². The Hall–Kier alpha value is -1.86. The molecule has 1 aromatic carbocycles. The standard InChI is InChI=1S/C29H41Cl2N5O.H2/c1-20(2)15-26-19-35(28-27(31)16-23(17-32-28)29(37)33-21(3)4)13-14-36(26)25-9-11-34(12-10-25)18-22-5-7-24(30)8-6-22;/h5-8,16-17,20-21,25-26H,9-15,18-19H2,1-4H3,(H,33,37);1H/t26-;/m0./s1. The summed E-state index contributed by atoms with van der Waals surface area (Å²) >= 11 is 12.7. The molecule has 0 saturated carbocycles. The Bertz CT molecular complexity index is 1040. The first-order chi connectivity index (χ1) is 17.7. The van der Waals surface area contributed by atoms with Gasteiger partial charge >= 0.3 is 0 Å². The first-order valence-electron chi connectivity index (χ1n) is 13.6. The number of carbonyl (C=O) groups excluding carboxylic acids is 1. The molecule has 37 heavy (non-hydrogen) atoms. The lowest BCUT2D eigenvalue weighted by atomic mass is 9.94. The summed E-state index contributed by atoms with van der Waals surface area (Å²) in [6, 6.07) is 11.1. The number of hydrogen-bond acceptors (Lipinski definition) is 5. The Labute approximate surface area is 233 Å². The molecular formula is C29H43Cl2N5O. The summed E-state index contributed by atoms with van der Waals surface area (Å²) in [5.41, 5.74) is 1.83. The number of nitrogens with one attached hydrogen (secondary N) is 1. The van der Waals surface area contributed by atoms with Gasteiger partial charge in [0.05, 0.1) is 10.6 Å². The van der Waals surface area contributed by atoms with Gasteiger partial charge in [-0.05, 0) is 75.9 Å². The highest BCUT2D eigenvalue weighted by atomic mass is 35.5. The molecule has 0 radical (unpaired) electrons. The normalized spacial score (nSPS) is 20.1. The number of pyridine rings is 1. The zero-order chi connectivity index (χ0) is 26.5. The number of piperidine rings is 1. The largest absolute Gasteiger partial charge is 0.353 e. The maximum atomic E-state index is 12.4. The van der Waals surface area contributed by atoms with Gasteiger partial charge in [-0.3, -0.25) is 14.6 Å². The molecule has 1 amide bonds. The van der Waals surface area contributed by atoms with E-state index in [4.69, 9.17) is 23.2 Å². The fourth-order valence-electron chi connectivity index (χ4n) is 5.69. The van der Waals surface area contributed by atoms with Crippen molar-refractivity contribution in [3.8, 4) is 0 Å². The molecule has 4 rings (SSSR count). The van der Waals surface area contributed by atoms with Crippen LogP contribution in [-0.4, -0.2) is 71.5 Å². The van der Waals surface area contributed by atoms with E-state index in [2.05, 4.69) is 51.0 Å². The van der Waals surface area contributed by atoms with Crippen molar-refractivity contribution in [2.45, 2.75) is 71.6 Å². The highest BCUT2D eigenvalue weighted by Gasteiger charge is 2.35. The van der Waals surface area contributed by atoms with Crippen LogP contribution in [0.2, 0.25) is 10.0 Å². The predicted octanol–water partition coefficient (Wildman–Crippen LogP) is 5.97. The highest BCUT2D eigenvalue weighted by molar-refractivity contribution is 6.33. The molecule has 0 spiro atoms. The molecule has 6 nitrogen and oxygen atoms in total. The predicted molar refractivity (Wildman–Crippen MR) is 156 cm³/mol. The molecule has 0 unspecified atom stereocenters. The number of rotatable bonds is 8. The van der Waals surface area contributed by atoms with Crippen molar-refractivity contribution in [3.63, 3.8) is 0 Å². The molecule has 2 aliphatic rings. The number of benzene rings is 1. The van der Waals surface area contributed by atoms with Crippen molar-refractivity contribution >= 4 is 34.9 Å². The number of piperazine rings is 1. The number of likely N-dealkylation sites (tertiary alicyclic amines) is 1. The zero-order valence-corrected chi connectivity index (χ0v) is 24.1. The fraction of sp³-hybridized carbons (Fsp3) is 0.586. The Morgan fingerprint density at radius 2 is 1.78 bits per heavy atom. The van der Waals surface area contributed by atoms with Gasteiger partial charge in [0.25, 0.3) is 5.91 Å². The topological polar surface area (TPSA) is 51.7 Å². The lowest BCUT2D eigenvalue weighted by Crippen LogP contribution is -2.59. The van der Waals surface area contributed by atoms with Crippen molar-refractivity contribution in [2.24, 2.45) is 5.92 Å². The number of amides is 1. The molecule has 1 aromatic heterocycles. The maximum Gasteiger partial charge on any atom is 0.253 e. The quantitative estimate of drug-likeness (QED) is 0.440. The maximum absolute atomic E-state index is 12.4. The van der Waals surface area contributed by atoms with Gasteiger partial charge in [-0.2, -0.15) is 0 Å². The van der Waals surface area contributed by atoms with E-state index in [1.54, 1.807) is 12.3 Å². The fourth-order valence-corrected chi connectivity index (χ4v) is 6.10. The van der Waals surface area contributed by atoms with Crippen LogP contribution in [0.15, 0.2) is 36.5 Å². The van der Waals surface area contributed by atoms with Crippen LogP contribution in [0.5, 0.6) is 0 Å². The summed E-state index contributed by atoms with van der Waals surface area (Å²) < 4.78 is 0. The zero-order valence-electron chi connectivity index (χ0n) is 22.6. The summed E-state index contributed by atoms with van der Waals surface area (Å²) in [5.74, 6) is 1.26. The SMILES string of the molecule is CC(C)C[C@H]1CN(c2ncc(C(=O)NC(C)C)cc2Cl)CCN1C1CCN(Cc2ccc(Cl)cc2)CC1.[HH]. The third kappa shape index (κ3) is 7.60. The van der Waals surface area contributed by atoms with Crippen LogP contribution in [0.25, 0.3) is 0 Å². The van der Waals surface area contributed by atoms with Gasteiger partial charge < -0.3 is 10.2 Å². The number of anilines is 1. The lowest BCUT2D eigenvalue weighted by Gasteiger charge is -2.48. The third-order valence-electron chi connectivity index (χ3n) is 7.42. The number of halogens is 2. The Morgan fingerprint density at radius 3 is 2.41 bits per heavy atom. The second kappa shape index (κ2) is 12.8. The Kier molecular flexibility index (Phi) is 9.73. The van der Waals surface area contributed by atoms with Crippen molar-refractivity contribution in [1.29, 1.82) is 0 Å². The molecule has 2 aliphatic heterocycles. The van der Waals surface area contributed by atoms with Crippen LogP contribution >= 0.6 is 23.2 Å². The van der Waals surface area contributed by atoms with Gasteiger partial charge in [0.1, 0.15) is 5.82 Å². The third-order valence-corrected chi connectivity index (χ3v) is 7.95. The Morgan fingerprint density at radius 1 is 1.08 bits per heavy atom. The van der Waals surface area contributed by atoms with Gasteiger partial charge in [0.15, 0.2) is 0 Å². The minimum Gasteiger partial charge on any atom is -0.353 e. The van der Waals surface area contributed by atoms with E-state index in [1.165, 1.54) is 18.4 Å². The summed E-state index contributed by atoms with van der Waals surface area (Å²) in [4.78, 5) is 24.7. The average Bonchev–Trinajstić information content (AvgIpc) is 2.85. The first-order valence-corrected chi connectivity index (χ1v) is 14.4.